The van der Waals surface area contributed by atoms with Crippen molar-refractivity contribution < 1.29 is 14.4 Å². The number of carbonyl (C=O) groups is 1. The van der Waals surface area contributed by atoms with Crippen molar-refractivity contribution in [2.45, 2.75) is 20.8 Å². The van der Waals surface area contributed by atoms with E-state index in [0.717, 1.165) is 0 Å². The van der Waals surface area contributed by atoms with Crippen LogP contribution >= 0.6 is 0 Å². The van der Waals surface area contributed by atoms with Crippen LogP contribution in [0.4, 0.5) is 5.82 Å². The first-order valence-electron chi connectivity index (χ1n) is 5.46. The summed E-state index contributed by atoms with van der Waals surface area (Å²) < 4.78 is 5.01. The van der Waals surface area contributed by atoms with Gasteiger partial charge in [0, 0.05) is 6.54 Å². The molecule has 0 fully saturated rings. The monoisotopic (exact) mass is 250 g/mol. The number of anilines is 1. The normalized spacial score (nSPS) is 11.7. The molecule has 96 valence electrons. The van der Waals surface area contributed by atoms with Crippen LogP contribution in [0.15, 0.2) is 10.9 Å². The van der Waals surface area contributed by atoms with E-state index in [9.17, 15) is 4.79 Å². The molecule has 0 saturated carbocycles. The van der Waals surface area contributed by atoms with Gasteiger partial charge in [0.15, 0.2) is 0 Å². The Kier molecular flexibility index (Phi) is 2.90. The highest BCUT2D eigenvalue weighted by Gasteiger charge is 2.27. The Labute approximate surface area is 103 Å². The summed E-state index contributed by atoms with van der Waals surface area (Å²) in [5, 5.41) is 16.5. The minimum atomic E-state index is -0.887. The molecule has 0 saturated heterocycles. The molecule has 0 aromatic carbocycles. The van der Waals surface area contributed by atoms with Gasteiger partial charge < -0.3 is 14.9 Å². The summed E-state index contributed by atoms with van der Waals surface area (Å²) in [6.07, 6.45) is 1.35. The van der Waals surface area contributed by atoms with Crippen molar-refractivity contribution in [3.05, 3.63) is 12.0 Å². The Morgan fingerprint density at radius 1 is 1.50 bits per heavy atom. The highest BCUT2D eigenvalue weighted by atomic mass is 16.5. The van der Waals surface area contributed by atoms with Gasteiger partial charge in [-0.1, -0.05) is 5.16 Å². The van der Waals surface area contributed by atoms with Gasteiger partial charge in [-0.25, -0.2) is 4.98 Å². The third-order valence-corrected chi connectivity index (χ3v) is 2.72. The minimum absolute atomic E-state index is 0.249. The van der Waals surface area contributed by atoms with Crippen molar-refractivity contribution in [2.24, 2.45) is 5.41 Å². The zero-order chi connectivity index (χ0) is 13.3. The van der Waals surface area contributed by atoms with Gasteiger partial charge in [-0.3, -0.25) is 4.79 Å². The van der Waals surface area contributed by atoms with Gasteiger partial charge in [-0.15, -0.1) is 0 Å². The maximum atomic E-state index is 11.0. The maximum Gasteiger partial charge on any atom is 0.310 e. The molecule has 0 atom stereocenters. The average molecular weight is 250 g/mol. The van der Waals surface area contributed by atoms with Gasteiger partial charge in [0.2, 0.25) is 0 Å². The second-order valence-corrected chi connectivity index (χ2v) is 4.71. The van der Waals surface area contributed by atoms with E-state index < -0.39 is 11.4 Å². The number of fused-ring (bicyclic) bond motifs is 1. The molecule has 0 aliphatic heterocycles. The molecule has 0 aliphatic rings. The first-order valence-corrected chi connectivity index (χ1v) is 5.46. The summed E-state index contributed by atoms with van der Waals surface area (Å²) in [7, 11) is 0. The van der Waals surface area contributed by atoms with E-state index in [1.165, 1.54) is 6.33 Å². The van der Waals surface area contributed by atoms with Crippen LogP contribution in [0.2, 0.25) is 0 Å². The van der Waals surface area contributed by atoms with E-state index in [4.69, 9.17) is 9.63 Å². The van der Waals surface area contributed by atoms with Crippen molar-refractivity contribution >= 4 is 22.9 Å². The van der Waals surface area contributed by atoms with Crippen molar-refractivity contribution in [1.82, 2.24) is 15.1 Å². The van der Waals surface area contributed by atoms with E-state index in [-0.39, 0.29) is 6.54 Å². The number of aliphatic carboxylic acids is 1. The Morgan fingerprint density at radius 2 is 2.22 bits per heavy atom. The van der Waals surface area contributed by atoms with Crippen LogP contribution in [0.25, 0.3) is 11.1 Å². The molecule has 0 spiro atoms. The van der Waals surface area contributed by atoms with E-state index >= 15 is 0 Å². The maximum absolute atomic E-state index is 11.0. The summed E-state index contributed by atoms with van der Waals surface area (Å²) >= 11 is 0. The average Bonchev–Trinajstić information content (AvgIpc) is 2.69. The topological polar surface area (TPSA) is 101 Å². The smallest absolute Gasteiger partial charge is 0.310 e. The van der Waals surface area contributed by atoms with E-state index in [2.05, 4.69) is 20.4 Å². The van der Waals surface area contributed by atoms with E-state index in [0.29, 0.717) is 22.6 Å². The number of aromatic nitrogens is 3. The lowest BCUT2D eigenvalue weighted by atomic mass is 9.94. The fourth-order valence-electron chi connectivity index (χ4n) is 1.44. The third kappa shape index (κ3) is 2.11. The zero-order valence-electron chi connectivity index (χ0n) is 10.4. The van der Waals surface area contributed by atoms with Crippen molar-refractivity contribution in [1.29, 1.82) is 0 Å². The summed E-state index contributed by atoms with van der Waals surface area (Å²) in [6.45, 7) is 5.31. The van der Waals surface area contributed by atoms with Crippen LogP contribution in [-0.2, 0) is 4.79 Å². The number of nitrogens with zero attached hydrogens (tertiary/aromatic N) is 3. The number of hydrogen-bond donors (Lipinski definition) is 2. The molecule has 2 aromatic rings. The van der Waals surface area contributed by atoms with Crippen LogP contribution in [0.1, 0.15) is 19.5 Å². The second-order valence-electron chi connectivity index (χ2n) is 4.71. The van der Waals surface area contributed by atoms with Gasteiger partial charge in [0.05, 0.1) is 11.1 Å². The Hall–Kier alpha value is -2.18. The predicted molar refractivity (Wildman–Crippen MR) is 64.2 cm³/mol. The van der Waals surface area contributed by atoms with Crippen LogP contribution in [-0.4, -0.2) is 32.7 Å². The lowest BCUT2D eigenvalue weighted by Gasteiger charge is -2.19. The number of rotatable bonds is 4. The Bertz CT molecular complexity index is 591. The molecule has 18 heavy (non-hydrogen) atoms. The first kappa shape index (κ1) is 12.3. The molecular formula is C11H14N4O3. The molecular weight excluding hydrogens is 236 g/mol. The van der Waals surface area contributed by atoms with Crippen LogP contribution < -0.4 is 5.32 Å². The van der Waals surface area contributed by atoms with Gasteiger partial charge in [-0.05, 0) is 20.8 Å². The fraction of sp³-hybridized carbons (Fsp3) is 0.455. The number of carboxylic acid groups (broad SMARTS) is 1. The molecule has 0 amide bonds. The summed E-state index contributed by atoms with van der Waals surface area (Å²) in [5.41, 5.74) is 0.168. The number of nitrogens with one attached hydrogen (secondary N) is 1. The van der Waals surface area contributed by atoms with Crippen molar-refractivity contribution in [2.75, 3.05) is 11.9 Å². The van der Waals surface area contributed by atoms with Crippen LogP contribution in [0.5, 0.6) is 0 Å². The summed E-state index contributed by atoms with van der Waals surface area (Å²) in [4.78, 5) is 19.1. The van der Waals surface area contributed by atoms with Crippen molar-refractivity contribution in [3.8, 4) is 0 Å². The number of aryl methyl sites for hydroxylation is 1. The number of carboxylic acids is 1. The molecule has 7 heteroatoms. The SMILES string of the molecule is Cc1noc2ncnc(NCC(C)(C)C(=O)O)c12. The standard InChI is InChI=1S/C11H14N4O3/c1-6-7-8(12-4-11(2,3)10(16)17)13-5-14-9(7)18-15-6/h5H,4H2,1-3H3,(H,16,17)(H,12,13,14). The summed E-state index contributed by atoms with van der Waals surface area (Å²) in [6, 6.07) is 0. The Morgan fingerprint density at radius 3 is 2.89 bits per heavy atom. The molecule has 0 aliphatic carbocycles. The predicted octanol–water partition coefficient (Wildman–Crippen LogP) is 1.45. The van der Waals surface area contributed by atoms with E-state index in [1.54, 1.807) is 20.8 Å². The third-order valence-electron chi connectivity index (χ3n) is 2.72. The Balaban J connectivity index is 2.27. The van der Waals surface area contributed by atoms with Gasteiger partial charge in [0.25, 0.3) is 5.71 Å². The highest BCUT2D eigenvalue weighted by Crippen LogP contribution is 2.24. The van der Waals surface area contributed by atoms with Crippen molar-refractivity contribution in [3.63, 3.8) is 0 Å². The largest absolute Gasteiger partial charge is 0.481 e. The second kappa shape index (κ2) is 4.25. The fourth-order valence-corrected chi connectivity index (χ4v) is 1.44. The van der Waals surface area contributed by atoms with Gasteiger partial charge in [0.1, 0.15) is 17.5 Å². The molecule has 0 bridgehead atoms. The molecule has 2 heterocycles. The van der Waals surface area contributed by atoms with E-state index in [1.807, 2.05) is 0 Å². The van der Waals surface area contributed by atoms with Crippen LogP contribution in [0, 0.1) is 12.3 Å². The molecule has 7 nitrogen and oxygen atoms in total. The van der Waals surface area contributed by atoms with Gasteiger partial charge >= 0.3 is 5.97 Å². The molecule has 2 rings (SSSR count). The first-order chi connectivity index (χ1) is 8.42. The number of hydrogen-bond acceptors (Lipinski definition) is 6. The molecule has 2 N–H and O–H groups in total. The molecule has 2 aromatic heterocycles. The van der Waals surface area contributed by atoms with Crippen LogP contribution in [0.3, 0.4) is 0 Å². The highest BCUT2D eigenvalue weighted by molar-refractivity contribution is 5.87. The molecule has 0 radical (unpaired) electrons. The van der Waals surface area contributed by atoms with Gasteiger partial charge in [-0.2, -0.15) is 4.98 Å². The zero-order valence-corrected chi connectivity index (χ0v) is 10.4. The lowest BCUT2D eigenvalue weighted by molar-refractivity contribution is -0.146. The molecule has 0 unspecified atom stereocenters. The minimum Gasteiger partial charge on any atom is -0.481 e. The quantitative estimate of drug-likeness (QED) is 0.846. The lowest BCUT2D eigenvalue weighted by Crippen LogP contribution is -2.32. The summed E-state index contributed by atoms with van der Waals surface area (Å²) in [5.74, 6) is -0.338.